The lowest BCUT2D eigenvalue weighted by molar-refractivity contribution is -0.201. The van der Waals surface area contributed by atoms with Crippen LogP contribution in [0.3, 0.4) is 0 Å². The Balaban J connectivity index is 1.09. The average Bonchev–Trinajstić information content (AvgIpc) is 3.00. The number of ether oxygens (including phenoxy) is 4. The van der Waals surface area contributed by atoms with Crippen molar-refractivity contribution in [3.8, 4) is 0 Å². The van der Waals surface area contributed by atoms with Crippen molar-refractivity contribution >= 4 is 24.1 Å². The van der Waals surface area contributed by atoms with Crippen molar-refractivity contribution in [2.45, 2.75) is 153 Å². The van der Waals surface area contributed by atoms with Gasteiger partial charge in [-0.25, -0.2) is 19.2 Å². The van der Waals surface area contributed by atoms with E-state index in [9.17, 15) is 19.2 Å². The summed E-state index contributed by atoms with van der Waals surface area (Å²) in [5.74, 6) is 1.03. The molecular formula is C40H60N2O8. The number of nitrogens with zero attached hydrogens (tertiary/aromatic N) is 2. The summed E-state index contributed by atoms with van der Waals surface area (Å²) in [6.45, 7) is 16.5. The highest BCUT2D eigenvalue weighted by atomic mass is 16.6. The SMILES string of the molecule is C=C(C)C(=O)OC12CC3CC(C1)CC(N(CCCCCCN(C(=O)OCC)C14CC5CC(CC(OC(=O)C(=C)C)(C5)C1)C4)C(=O)OCC)(C3)C2. The molecule has 0 heterocycles. The van der Waals surface area contributed by atoms with Crippen LogP contribution in [-0.4, -0.2) is 82.5 Å². The van der Waals surface area contributed by atoms with E-state index in [1.165, 1.54) is 0 Å². The fraction of sp³-hybridized carbons (Fsp3) is 0.800. The molecule has 8 bridgehead atoms. The van der Waals surface area contributed by atoms with E-state index < -0.39 is 11.2 Å². The number of unbranched alkanes of at least 4 members (excludes halogenated alkanes) is 3. The largest absolute Gasteiger partial charge is 0.456 e. The molecule has 8 rings (SSSR count). The molecule has 10 nitrogen and oxygen atoms in total. The molecule has 2 amide bonds. The molecule has 4 atom stereocenters. The number of hydrogen-bond acceptors (Lipinski definition) is 8. The second kappa shape index (κ2) is 14.2. The van der Waals surface area contributed by atoms with Gasteiger partial charge in [-0.1, -0.05) is 26.0 Å². The number of esters is 2. The highest BCUT2D eigenvalue weighted by molar-refractivity contribution is 5.87. The number of rotatable bonds is 15. The minimum Gasteiger partial charge on any atom is -0.456 e. The molecule has 8 aliphatic carbocycles. The zero-order valence-corrected chi connectivity index (χ0v) is 31.0. The maximum absolute atomic E-state index is 13.6. The van der Waals surface area contributed by atoms with Crippen molar-refractivity contribution in [2.75, 3.05) is 26.3 Å². The van der Waals surface area contributed by atoms with Gasteiger partial charge in [-0.3, -0.25) is 0 Å². The molecule has 0 N–H and O–H groups in total. The van der Waals surface area contributed by atoms with Gasteiger partial charge in [0.15, 0.2) is 0 Å². The Labute approximate surface area is 298 Å². The van der Waals surface area contributed by atoms with Gasteiger partial charge < -0.3 is 28.7 Å². The van der Waals surface area contributed by atoms with Crippen LogP contribution < -0.4 is 0 Å². The second-order valence-corrected chi connectivity index (χ2v) is 17.2. The molecule has 8 saturated carbocycles. The lowest BCUT2D eigenvalue weighted by atomic mass is 9.50. The quantitative estimate of drug-likeness (QED) is 0.0736. The zero-order chi connectivity index (χ0) is 35.9. The molecule has 0 aromatic heterocycles. The molecular weight excluding hydrogens is 636 g/mol. The number of hydrogen-bond donors (Lipinski definition) is 0. The smallest absolute Gasteiger partial charge is 0.410 e. The maximum atomic E-state index is 13.6. The summed E-state index contributed by atoms with van der Waals surface area (Å²) < 4.78 is 23.6. The van der Waals surface area contributed by atoms with E-state index in [0.717, 1.165) is 89.9 Å². The van der Waals surface area contributed by atoms with Gasteiger partial charge in [0, 0.05) is 37.1 Å². The number of amides is 2. The molecule has 0 radical (unpaired) electrons. The fourth-order valence-corrected chi connectivity index (χ4v) is 12.0. The van der Waals surface area contributed by atoms with Gasteiger partial charge in [-0.2, -0.15) is 0 Å². The first-order valence-corrected chi connectivity index (χ1v) is 19.4. The molecule has 0 aliphatic heterocycles. The molecule has 4 unspecified atom stereocenters. The summed E-state index contributed by atoms with van der Waals surface area (Å²) in [4.78, 5) is 56.5. The molecule has 0 aromatic rings. The molecule has 0 spiro atoms. The van der Waals surface area contributed by atoms with Gasteiger partial charge in [-0.05, 0) is 128 Å². The molecule has 278 valence electrons. The Morgan fingerprint density at radius 3 is 1.22 bits per heavy atom. The summed E-state index contributed by atoms with van der Waals surface area (Å²) in [7, 11) is 0. The molecule has 10 heteroatoms. The molecule has 50 heavy (non-hydrogen) atoms. The summed E-state index contributed by atoms with van der Waals surface area (Å²) in [6.07, 6.45) is 13.6. The third-order valence-corrected chi connectivity index (χ3v) is 12.9. The predicted octanol–water partition coefficient (Wildman–Crippen LogP) is 7.89. The van der Waals surface area contributed by atoms with Crippen molar-refractivity contribution < 1.29 is 38.1 Å². The van der Waals surface area contributed by atoms with Crippen molar-refractivity contribution in [3.05, 3.63) is 24.3 Å². The summed E-state index contributed by atoms with van der Waals surface area (Å²) in [6, 6.07) is 0. The van der Waals surface area contributed by atoms with Crippen LogP contribution in [0.15, 0.2) is 24.3 Å². The van der Waals surface area contributed by atoms with Crippen molar-refractivity contribution in [2.24, 2.45) is 23.7 Å². The Morgan fingerprint density at radius 2 is 0.920 bits per heavy atom. The molecule has 8 aliphatic rings. The van der Waals surface area contributed by atoms with E-state index in [-0.39, 0.29) is 35.2 Å². The van der Waals surface area contributed by atoms with Crippen LogP contribution in [0.4, 0.5) is 9.59 Å². The predicted molar refractivity (Wildman–Crippen MR) is 188 cm³/mol. The van der Waals surface area contributed by atoms with E-state index in [1.54, 1.807) is 13.8 Å². The van der Waals surface area contributed by atoms with E-state index in [4.69, 9.17) is 18.9 Å². The van der Waals surface area contributed by atoms with Crippen LogP contribution in [0.2, 0.25) is 0 Å². The van der Waals surface area contributed by atoms with Crippen LogP contribution in [0.5, 0.6) is 0 Å². The first-order chi connectivity index (χ1) is 23.7. The van der Waals surface area contributed by atoms with Gasteiger partial charge >= 0.3 is 24.1 Å². The summed E-state index contributed by atoms with van der Waals surface area (Å²) in [5, 5.41) is 0. The summed E-state index contributed by atoms with van der Waals surface area (Å²) >= 11 is 0. The highest BCUT2D eigenvalue weighted by Gasteiger charge is 2.64. The number of carbonyl (C=O) groups excluding carboxylic acids is 4. The van der Waals surface area contributed by atoms with Crippen molar-refractivity contribution in [1.82, 2.24) is 9.80 Å². The Morgan fingerprint density at radius 1 is 0.580 bits per heavy atom. The minimum atomic E-state index is -0.542. The first-order valence-electron chi connectivity index (χ1n) is 19.4. The molecule has 8 fully saturated rings. The van der Waals surface area contributed by atoms with E-state index in [1.807, 2.05) is 23.6 Å². The van der Waals surface area contributed by atoms with Crippen LogP contribution in [0, 0.1) is 23.7 Å². The van der Waals surface area contributed by atoms with Gasteiger partial charge in [0.25, 0.3) is 0 Å². The minimum absolute atomic E-state index is 0.271. The van der Waals surface area contributed by atoms with Gasteiger partial charge in [0.1, 0.15) is 11.2 Å². The van der Waals surface area contributed by atoms with E-state index in [0.29, 0.717) is 74.0 Å². The Kier molecular flexibility index (Phi) is 10.4. The molecule has 0 saturated heterocycles. The van der Waals surface area contributed by atoms with Crippen LogP contribution >= 0.6 is 0 Å². The lowest BCUT2D eigenvalue weighted by Gasteiger charge is -2.63. The average molecular weight is 697 g/mol. The van der Waals surface area contributed by atoms with Gasteiger partial charge in [0.2, 0.25) is 0 Å². The van der Waals surface area contributed by atoms with Gasteiger partial charge in [-0.15, -0.1) is 0 Å². The van der Waals surface area contributed by atoms with E-state index >= 15 is 0 Å². The normalized spacial score (nSPS) is 35.7. The monoisotopic (exact) mass is 696 g/mol. The van der Waals surface area contributed by atoms with E-state index in [2.05, 4.69) is 13.2 Å². The molecule has 0 aromatic carbocycles. The zero-order valence-electron chi connectivity index (χ0n) is 31.0. The second-order valence-electron chi connectivity index (χ2n) is 17.2. The van der Waals surface area contributed by atoms with Crippen molar-refractivity contribution in [1.29, 1.82) is 0 Å². The third kappa shape index (κ3) is 7.19. The lowest BCUT2D eigenvalue weighted by Crippen LogP contribution is -2.67. The van der Waals surface area contributed by atoms with Gasteiger partial charge in [0.05, 0.1) is 24.3 Å². The first kappa shape index (κ1) is 36.7. The third-order valence-electron chi connectivity index (χ3n) is 12.9. The topological polar surface area (TPSA) is 112 Å². The summed E-state index contributed by atoms with van der Waals surface area (Å²) in [5.41, 5.74) is -0.997. The Hall–Kier alpha value is -3.04. The van der Waals surface area contributed by atoms with Crippen LogP contribution in [-0.2, 0) is 28.5 Å². The Bertz CT molecular complexity index is 1240. The number of carbonyl (C=O) groups is 4. The van der Waals surface area contributed by atoms with Crippen molar-refractivity contribution in [3.63, 3.8) is 0 Å². The fourth-order valence-electron chi connectivity index (χ4n) is 12.0. The highest BCUT2D eigenvalue weighted by Crippen LogP contribution is 2.62. The van der Waals surface area contributed by atoms with Crippen LogP contribution in [0.1, 0.15) is 130 Å². The van der Waals surface area contributed by atoms with Crippen LogP contribution in [0.25, 0.3) is 0 Å². The standard InChI is InChI=1S/C40H60N2O8/c1-7-47-35(45)41(37-17-29-15-30(18-37)22-39(21-29,25-37)49-33(43)27(3)4)13-11-9-10-12-14-42(36(46)48-8-2)38-19-31-16-32(20-38)24-40(23-31,26-38)50-34(44)28(5)6/h29-32H,3,5,7-26H2,1-2,4,6H3. The maximum Gasteiger partial charge on any atom is 0.410 e.